The topological polar surface area (TPSA) is 65.1 Å². The van der Waals surface area contributed by atoms with E-state index < -0.39 is 12.2 Å². The summed E-state index contributed by atoms with van der Waals surface area (Å²) in [6.07, 6.45) is 5.60. The number of carbonyl (C=O) groups is 2. The second-order valence-corrected chi connectivity index (χ2v) is 8.98. The minimum atomic E-state index is -0.741. The highest BCUT2D eigenvalue weighted by molar-refractivity contribution is 5.93. The Morgan fingerprint density at radius 1 is 1.23 bits per heavy atom. The van der Waals surface area contributed by atoms with Crippen molar-refractivity contribution in [2.45, 2.75) is 64.0 Å². The molecule has 2 aliphatic heterocycles. The number of nitrogens with one attached hydrogen (secondary N) is 1. The first-order valence-electron chi connectivity index (χ1n) is 11.1. The lowest BCUT2D eigenvalue weighted by atomic mass is 9.81. The van der Waals surface area contributed by atoms with Gasteiger partial charge in [-0.2, -0.15) is 0 Å². The maximum absolute atomic E-state index is 12.3. The van der Waals surface area contributed by atoms with Gasteiger partial charge in [-0.15, -0.1) is 0 Å². The molecule has 2 heterocycles. The van der Waals surface area contributed by atoms with Crippen LogP contribution in [0.15, 0.2) is 18.2 Å². The van der Waals surface area contributed by atoms with Crippen molar-refractivity contribution in [2.75, 3.05) is 44.4 Å². The number of likely N-dealkylation sites (N-methyl/N-ethyl adjacent to an activating group) is 2. The van der Waals surface area contributed by atoms with Crippen molar-refractivity contribution < 1.29 is 14.3 Å². The van der Waals surface area contributed by atoms with E-state index in [9.17, 15) is 9.59 Å². The van der Waals surface area contributed by atoms with Crippen LogP contribution in [-0.2, 0) is 10.2 Å². The Morgan fingerprint density at radius 2 is 1.97 bits per heavy atom. The van der Waals surface area contributed by atoms with Crippen molar-refractivity contribution in [1.82, 2.24) is 9.80 Å². The van der Waals surface area contributed by atoms with Crippen molar-refractivity contribution in [1.29, 1.82) is 0 Å². The van der Waals surface area contributed by atoms with Gasteiger partial charge in [0.25, 0.3) is 0 Å². The van der Waals surface area contributed by atoms with Crippen molar-refractivity contribution in [2.24, 2.45) is 0 Å². The van der Waals surface area contributed by atoms with Gasteiger partial charge >= 0.3 is 12.2 Å². The third-order valence-corrected chi connectivity index (χ3v) is 6.67. The molecule has 3 rings (SSSR count). The second-order valence-electron chi connectivity index (χ2n) is 8.98. The summed E-state index contributed by atoms with van der Waals surface area (Å²) in [5, 5.41) is 2.72. The maximum atomic E-state index is 12.3. The molecule has 0 unspecified atom stereocenters. The van der Waals surface area contributed by atoms with Crippen LogP contribution in [0.2, 0.25) is 0 Å². The molecule has 0 saturated carbocycles. The van der Waals surface area contributed by atoms with Crippen molar-refractivity contribution >= 4 is 23.6 Å². The minimum absolute atomic E-state index is 0.0221. The molecule has 0 aliphatic carbocycles. The van der Waals surface area contributed by atoms with E-state index in [0.29, 0.717) is 18.4 Å². The van der Waals surface area contributed by atoms with E-state index in [1.54, 1.807) is 7.05 Å². The summed E-state index contributed by atoms with van der Waals surface area (Å²) >= 11 is 0. The lowest BCUT2D eigenvalue weighted by Crippen LogP contribution is -2.45. The Hall–Kier alpha value is -2.28. The average Bonchev–Trinajstić information content (AvgIpc) is 3.13. The quantitative estimate of drug-likeness (QED) is 0.519. The van der Waals surface area contributed by atoms with Crippen LogP contribution in [0.4, 0.5) is 21.0 Å². The molecule has 0 aromatic heterocycles. The first-order valence-corrected chi connectivity index (χ1v) is 11.1. The van der Waals surface area contributed by atoms with Crippen LogP contribution in [0.1, 0.15) is 57.9 Å². The molecule has 1 aromatic carbocycles. The molecule has 0 bridgehead atoms. The number of likely N-dealkylation sites (tertiary alicyclic amines) is 1. The van der Waals surface area contributed by atoms with Gasteiger partial charge in [0.2, 0.25) is 0 Å². The summed E-state index contributed by atoms with van der Waals surface area (Å²) in [4.78, 5) is 30.6. The summed E-state index contributed by atoms with van der Waals surface area (Å²) < 4.78 is 4.98. The first-order chi connectivity index (χ1) is 14.3. The molecular weight excluding hydrogens is 380 g/mol. The number of benzene rings is 1. The second kappa shape index (κ2) is 9.25. The van der Waals surface area contributed by atoms with Gasteiger partial charge in [0.1, 0.15) is 0 Å². The lowest BCUT2D eigenvalue weighted by Gasteiger charge is -2.32. The fourth-order valence-electron chi connectivity index (χ4n) is 5.00. The number of hydrogen-bond donors (Lipinski definition) is 1. The average molecular weight is 417 g/mol. The van der Waals surface area contributed by atoms with Crippen molar-refractivity contribution in [3.63, 3.8) is 0 Å². The van der Waals surface area contributed by atoms with Crippen LogP contribution in [0, 0.1) is 0 Å². The van der Waals surface area contributed by atoms with Gasteiger partial charge < -0.3 is 14.5 Å². The fraction of sp³-hybridized carbons (Fsp3) is 0.652. The number of unbranched alkanes of at least 4 members (excludes halogenated alkanes) is 4. The van der Waals surface area contributed by atoms with E-state index in [0.717, 1.165) is 25.8 Å². The fourth-order valence-corrected chi connectivity index (χ4v) is 5.00. The van der Waals surface area contributed by atoms with Gasteiger partial charge in [0, 0.05) is 44.0 Å². The summed E-state index contributed by atoms with van der Waals surface area (Å²) in [7, 11) is 5.94. The summed E-state index contributed by atoms with van der Waals surface area (Å²) in [6.45, 7) is 6.09. The molecule has 2 amide bonds. The molecule has 2 aliphatic rings. The first kappa shape index (κ1) is 22.4. The monoisotopic (exact) mass is 416 g/mol. The largest absolute Gasteiger partial charge is 0.420 e. The molecule has 7 heteroatoms. The number of hydrogen-bond acceptors (Lipinski definition) is 5. The van der Waals surface area contributed by atoms with Gasteiger partial charge in [-0.05, 0) is 43.7 Å². The molecule has 1 aromatic rings. The Kier molecular flexibility index (Phi) is 6.91. The number of carbonyl (C=O) groups excluding carboxylic acids is 2. The molecule has 7 nitrogen and oxygen atoms in total. The standard InChI is InChI=1S/C23H36N4O3/c1-6-7-8-9-10-14-26(4)22(29)30-21(28)24-17-11-12-19-18(16-17)23(2)13-15-25(3)20(23)27(19)5/h11-12,16,20H,6-10,13-15H2,1-5H3,(H,24,28)/t20-,23-/m0/s1. The molecule has 1 N–H and O–H groups in total. The zero-order chi connectivity index (χ0) is 21.9. The SMILES string of the molecule is CCCCCCCN(C)C(=O)OC(=O)Nc1ccc2c(c1)[C@]1(C)CCN(C)[C@H]1N2C. The highest BCUT2D eigenvalue weighted by Crippen LogP contribution is 2.51. The van der Waals surface area contributed by atoms with Crippen LogP contribution in [0.5, 0.6) is 0 Å². The van der Waals surface area contributed by atoms with Gasteiger partial charge in [0.15, 0.2) is 0 Å². The molecule has 30 heavy (non-hydrogen) atoms. The molecule has 2 atom stereocenters. The van der Waals surface area contributed by atoms with Crippen LogP contribution < -0.4 is 10.2 Å². The molecule has 1 saturated heterocycles. The predicted octanol–water partition coefficient (Wildman–Crippen LogP) is 4.63. The number of amides is 2. The van der Waals surface area contributed by atoms with E-state index in [-0.39, 0.29) is 5.41 Å². The van der Waals surface area contributed by atoms with Crippen LogP contribution in [0.25, 0.3) is 0 Å². The van der Waals surface area contributed by atoms with Gasteiger partial charge in [-0.1, -0.05) is 39.5 Å². The Balaban J connectivity index is 1.56. The van der Waals surface area contributed by atoms with E-state index >= 15 is 0 Å². The molecule has 1 fully saturated rings. The normalized spacial score (nSPS) is 22.6. The van der Waals surface area contributed by atoms with E-state index in [2.05, 4.69) is 43.1 Å². The molecular formula is C23H36N4O3. The number of rotatable bonds is 7. The van der Waals surface area contributed by atoms with Crippen LogP contribution >= 0.6 is 0 Å². The number of fused-ring (bicyclic) bond motifs is 3. The van der Waals surface area contributed by atoms with Gasteiger partial charge in [0.05, 0.1) is 6.17 Å². The lowest BCUT2D eigenvalue weighted by molar-refractivity contribution is 0.131. The van der Waals surface area contributed by atoms with Gasteiger partial charge in [-0.3, -0.25) is 10.2 Å². The molecule has 0 spiro atoms. The summed E-state index contributed by atoms with van der Waals surface area (Å²) in [5.41, 5.74) is 3.09. The van der Waals surface area contributed by atoms with Crippen molar-refractivity contribution in [3.05, 3.63) is 23.8 Å². The smallest absolute Gasteiger partial charge is 0.359 e. The Labute approximate surface area is 180 Å². The number of anilines is 2. The van der Waals surface area contributed by atoms with Crippen LogP contribution in [-0.4, -0.2) is 62.4 Å². The predicted molar refractivity (Wildman–Crippen MR) is 120 cm³/mol. The third-order valence-electron chi connectivity index (χ3n) is 6.67. The Morgan fingerprint density at radius 3 is 2.70 bits per heavy atom. The number of nitrogens with zero attached hydrogens (tertiary/aromatic N) is 3. The van der Waals surface area contributed by atoms with Crippen LogP contribution in [0.3, 0.4) is 0 Å². The summed E-state index contributed by atoms with van der Waals surface area (Å²) in [6, 6.07) is 5.92. The number of ether oxygens (including phenoxy) is 1. The van der Waals surface area contributed by atoms with Gasteiger partial charge in [-0.25, -0.2) is 9.59 Å². The third kappa shape index (κ3) is 4.41. The van der Waals surface area contributed by atoms with E-state index in [4.69, 9.17) is 4.74 Å². The van der Waals surface area contributed by atoms with E-state index in [1.807, 2.05) is 18.2 Å². The molecule has 0 radical (unpaired) electrons. The van der Waals surface area contributed by atoms with Crippen molar-refractivity contribution in [3.8, 4) is 0 Å². The maximum Gasteiger partial charge on any atom is 0.420 e. The zero-order valence-corrected chi connectivity index (χ0v) is 19.0. The molecule has 166 valence electrons. The highest BCUT2D eigenvalue weighted by Gasteiger charge is 2.52. The highest BCUT2D eigenvalue weighted by atomic mass is 16.6. The van der Waals surface area contributed by atoms with E-state index in [1.165, 1.54) is 35.4 Å². The minimum Gasteiger partial charge on any atom is -0.359 e. The Bertz CT molecular complexity index is 784. The zero-order valence-electron chi connectivity index (χ0n) is 19.0. The summed E-state index contributed by atoms with van der Waals surface area (Å²) in [5.74, 6) is 0.